The molecule has 0 amide bonds. The number of carboxylic acids is 1. The minimum absolute atomic E-state index is 0.0158. The first kappa shape index (κ1) is 41.9. The molecule has 0 saturated carbocycles. The van der Waals surface area contributed by atoms with Crippen LogP contribution in [0.15, 0.2) is 0 Å². The van der Waals surface area contributed by atoms with Crippen molar-refractivity contribution in [1.29, 1.82) is 0 Å². The predicted octanol–water partition coefficient (Wildman–Crippen LogP) is 5.83. The number of hydrogen-bond acceptors (Lipinski definition) is 10. The lowest BCUT2D eigenvalue weighted by molar-refractivity contribution is -0.151. The Labute approximate surface area is 265 Å². The highest BCUT2D eigenvalue weighted by Crippen LogP contribution is 2.13. The Morgan fingerprint density at radius 1 is 0.409 bits per heavy atom. The molecule has 0 aromatic rings. The maximum Gasteiger partial charge on any atom is 0.372 e. The molecule has 258 valence electrons. The Balaban J connectivity index is 3.23. The molecule has 0 heterocycles. The van der Waals surface area contributed by atoms with Gasteiger partial charge >= 0.3 is 17.9 Å². The molecule has 1 N–H and O–H groups in total. The number of carbonyl (C=O) groups excluding carboxylic acids is 3. The summed E-state index contributed by atoms with van der Waals surface area (Å²) in [6, 6.07) is 0. The number of carbonyl (C=O) groups is 4. The zero-order valence-electron chi connectivity index (χ0n) is 27.3. The van der Waals surface area contributed by atoms with Crippen molar-refractivity contribution < 1.29 is 52.7 Å². The molecule has 11 nitrogen and oxygen atoms in total. The van der Waals surface area contributed by atoms with Gasteiger partial charge in [-0.25, -0.2) is 4.79 Å². The van der Waals surface area contributed by atoms with Crippen molar-refractivity contribution in [3.8, 4) is 0 Å². The van der Waals surface area contributed by atoms with Crippen molar-refractivity contribution in [2.24, 2.45) is 0 Å². The van der Waals surface area contributed by atoms with Crippen LogP contribution >= 0.6 is 0 Å². The zero-order valence-corrected chi connectivity index (χ0v) is 27.3. The number of ether oxygens (including phenoxy) is 6. The maximum atomic E-state index is 11.8. The number of Topliss-reactive ketones (excluding diaryl/α,β-unsaturated/α-hetero) is 1. The third kappa shape index (κ3) is 32.8. The minimum atomic E-state index is -1.56. The van der Waals surface area contributed by atoms with E-state index in [1.54, 1.807) is 0 Å². The Morgan fingerprint density at radius 2 is 0.727 bits per heavy atom. The largest absolute Gasteiger partial charge is 0.476 e. The summed E-state index contributed by atoms with van der Waals surface area (Å²) in [6.07, 6.45) is 19.3. The number of hydrogen-bond donors (Lipinski definition) is 1. The van der Waals surface area contributed by atoms with Crippen LogP contribution in [0.4, 0.5) is 0 Å². The van der Waals surface area contributed by atoms with Gasteiger partial charge in [-0.15, -0.1) is 0 Å². The summed E-state index contributed by atoms with van der Waals surface area (Å²) < 4.78 is 31.5. The van der Waals surface area contributed by atoms with Crippen molar-refractivity contribution in [1.82, 2.24) is 0 Å². The number of carboxylic acid groups (broad SMARTS) is 1. The molecule has 0 saturated heterocycles. The average Bonchev–Trinajstić information content (AvgIpc) is 3.01. The highest BCUT2D eigenvalue weighted by molar-refractivity contribution is 6.32. The van der Waals surface area contributed by atoms with Crippen molar-refractivity contribution in [3.05, 3.63) is 0 Å². The molecule has 0 aliphatic heterocycles. The molecule has 0 aliphatic rings. The van der Waals surface area contributed by atoms with E-state index < -0.39 is 17.7 Å². The molecule has 0 aromatic carbocycles. The Hall–Kier alpha value is -2.08. The van der Waals surface area contributed by atoms with E-state index in [-0.39, 0.29) is 38.6 Å². The molecule has 0 spiro atoms. The Bertz CT molecular complexity index is 699. The van der Waals surface area contributed by atoms with Gasteiger partial charge in [-0.2, -0.15) is 0 Å². The monoisotopic (exact) mass is 632 g/mol. The highest BCUT2D eigenvalue weighted by Gasteiger charge is 2.14. The lowest BCUT2D eigenvalue weighted by atomic mass is 10.0. The van der Waals surface area contributed by atoms with Gasteiger partial charge in [0.15, 0.2) is 0 Å². The number of ketones is 1. The van der Waals surface area contributed by atoms with Gasteiger partial charge < -0.3 is 33.5 Å². The van der Waals surface area contributed by atoms with Gasteiger partial charge in [-0.05, 0) is 6.42 Å². The summed E-state index contributed by atoms with van der Waals surface area (Å²) in [5, 5.41) is 8.44. The third-order valence-electron chi connectivity index (χ3n) is 6.88. The number of esters is 2. The van der Waals surface area contributed by atoms with Gasteiger partial charge in [0, 0.05) is 12.8 Å². The van der Waals surface area contributed by atoms with Crippen LogP contribution < -0.4 is 0 Å². The van der Waals surface area contributed by atoms with E-state index in [2.05, 4.69) is 6.92 Å². The number of unbranched alkanes of at least 4 members (excludes halogenated alkanes) is 14. The molecule has 0 aliphatic carbocycles. The zero-order chi connectivity index (χ0) is 32.4. The highest BCUT2D eigenvalue weighted by atomic mass is 16.6. The molecule has 0 bridgehead atoms. The second-order valence-corrected chi connectivity index (χ2v) is 10.8. The van der Waals surface area contributed by atoms with E-state index in [0.29, 0.717) is 52.7 Å². The number of rotatable bonds is 35. The molecule has 0 atom stereocenters. The molecule has 11 heteroatoms. The number of aliphatic carboxylic acids is 1. The SMILES string of the molecule is CCCCCCCCCCCCCCCCCC(=O)OCCOCCOCCOCCOCCOC(=O)CCC(=O)C(=O)O. The summed E-state index contributed by atoms with van der Waals surface area (Å²) >= 11 is 0. The topological polar surface area (TPSA) is 144 Å². The van der Waals surface area contributed by atoms with E-state index in [0.717, 1.165) is 12.8 Å². The van der Waals surface area contributed by atoms with Gasteiger partial charge in [0.2, 0.25) is 5.78 Å². The summed E-state index contributed by atoms with van der Waals surface area (Å²) in [7, 11) is 0. The quantitative estimate of drug-likeness (QED) is 0.0511. The second kappa shape index (κ2) is 33.8. The van der Waals surface area contributed by atoms with E-state index in [1.165, 1.54) is 83.5 Å². The van der Waals surface area contributed by atoms with Crippen LogP contribution in [0.2, 0.25) is 0 Å². The summed E-state index contributed by atoms with van der Waals surface area (Å²) in [4.78, 5) is 44.5. The maximum absolute atomic E-state index is 11.8. The molecule has 0 rings (SSSR count). The van der Waals surface area contributed by atoms with Gasteiger partial charge in [-0.1, -0.05) is 96.8 Å². The van der Waals surface area contributed by atoms with Crippen LogP contribution in [0.25, 0.3) is 0 Å². The van der Waals surface area contributed by atoms with Crippen molar-refractivity contribution >= 4 is 23.7 Å². The van der Waals surface area contributed by atoms with E-state index >= 15 is 0 Å². The molecule has 0 aromatic heterocycles. The Morgan fingerprint density at radius 3 is 1.09 bits per heavy atom. The normalized spacial score (nSPS) is 11.0. The lowest BCUT2D eigenvalue weighted by Crippen LogP contribution is -2.17. The standard InChI is InChI=1S/C33H60O11/c1-2-3-4-5-6-7-8-9-10-11-12-13-14-15-16-17-31(35)43-28-26-41-24-22-39-20-21-40-23-25-42-27-29-44-32(36)19-18-30(34)33(37)38/h2-29H2,1H3,(H,37,38). The van der Waals surface area contributed by atoms with Gasteiger partial charge in [0.1, 0.15) is 13.2 Å². The first-order valence-corrected chi connectivity index (χ1v) is 16.9. The van der Waals surface area contributed by atoms with Gasteiger partial charge in [0.05, 0.1) is 59.3 Å². The molecule has 0 unspecified atom stereocenters. The fraction of sp³-hybridized carbons (Fsp3) is 0.879. The van der Waals surface area contributed by atoms with Crippen molar-refractivity contribution in [3.63, 3.8) is 0 Å². The van der Waals surface area contributed by atoms with Crippen LogP contribution in [-0.2, 0) is 47.6 Å². The van der Waals surface area contributed by atoms with Crippen LogP contribution in [0.1, 0.15) is 122 Å². The smallest absolute Gasteiger partial charge is 0.372 e. The van der Waals surface area contributed by atoms with Crippen LogP contribution in [0.5, 0.6) is 0 Å². The average molecular weight is 633 g/mol. The Kier molecular flexibility index (Phi) is 32.2. The fourth-order valence-corrected chi connectivity index (χ4v) is 4.30. The predicted molar refractivity (Wildman–Crippen MR) is 167 cm³/mol. The van der Waals surface area contributed by atoms with E-state index in [9.17, 15) is 19.2 Å². The molecular formula is C33H60O11. The summed E-state index contributed by atoms with van der Waals surface area (Å²) in [5.41, 5.74) is 0. The molecular weight excluding hydrogens is 572 g/mol. The summed E-state index contributed by atoms with van der Waals surface area (Å²) in [6.45, 7) is 5.34. The van der Waals surface area contributed by atoms with E-state index in [4.69, 9.17) is 33.5 Å². The molecule has 0 radical (unpaired) electrons. The summed E-state index contributed by atoms with van der Waals surface area (Å²) in [5.74, 6) is -3.39. The van der Waals surface area contributed by atoms with Crippen molar-refractivity contribution in [2.75, 3.05) is 66.1 Å². The van der Waals surface area contributed by atoms with Crippen LogP contribution in [0.3, 0.4) is 0 Å². The van der Waals surface area contributed by atoms with E-state index in [1.807, 2.05) is 0 Å². The lowest BCUT2D eigenvalue weighted by Gasteiger charge is -2.08. The minimum Gasteiger partial charge on any atom is -0.476 e. The molecule has 0 fully saturated rings. The fourth-order valence-electron chi connectivity index (χ4n) is 4.30. The van der Waals surface area contributed by atoms with Gasteiger partial charge in [0.25, 0.3) is 0 Å². The first-order chi connectivity index (χ1) is 21.5. The van der Waals surface area contributed by atoms with Gasteiger partial charge in [-0.3, -0.25) is 14.4 Å². The van der Waals surface area contributed by atoms with Crippen molar-refractivity contribution in [2.45, 2.75) is 122 Å². The third-order valence-corrected chi connectivity index (χ3v) is 6.88. The molecule has 44 heavy (non-hydrogen) atoms. The van der Waals surface area contributed by atoms with Crippen LogP contribution in [0, 0.1) is 0 Å². The second-order valence-electron chi connectivity index (χ2n) is 10.8. The first-order valence-electron chi connectivity index (χ1n) is 16.9. The van der Waals surface area contributed by atoms with Crippen LogP contribution in [-0.4, -0.2) is 94.9 Å².